The molecule has 0 spiro atoms. The molecule has 0 fully saturated rings. The first-order valence-corrected chi connectivity index (χ1v) is 7.12. The Kier molecular flexibility index (Phi) is 5.49. The van der Waals surface area contributed by atoms with E-state index in [2.05, 4.69) is 9.88 Å². The highest BCUT2D eigenvalue weighted by molar-refractivity contribution is 5.82. The van der Waals surface area contributed by atoms with Crippen molar-refractivity contribution in [1.29, 1.82) is 0 Å². The van der Waals surface area contributed by atoms with E-state index in [1.165, 1.54) is 6.07 Å². The molecule has 5 heteroatoms. The van der Waals surface area contributed by atoms with Crippen LogP contribution in [0.2, 0.25) is 0 Å². The molecule has 2 rings (SSSR count). The van der Waals surface area contributed by atoms with E-state index in [0.29, 0.717) is 18.8 Å². The molecule has 0 bridgehead atoms. The molecule has 0 amide bonds. The summed E-state index contributed by atoms with van der Waals surface area (Å²) in [6.07, 6.45) is 3.27. The number of ether oxygens (including phenoxy) is 1. The van der Waals surface area contributed by atoms with E-state index >= 15 is 0 Å². The van der Waals surface area contributed by atoms with E-state index in [1.807, 2.05) is 20.2 Å². The molecule has 0 aliphatic rings. The topological polar surface area (TPSA) is 62.7 Å². The van der Waals surface area contributed by atoms with Crippen molar-refractivity contribution in [2.75, 3.05) is 27.2 Å². The van der Waals surface area contributed by atoms with Gasteiger partial charge in [0.15, 0.2) is 6.29 Å². The second kappa shape index (κ2) is 7.56. The number of aromatic hydroxyl groups is 1. The molecule has 0 saturated carbocycles. The minimum atomic E-state index is -0.0208. The molecule has 1 aromatic carbocycles. The van der Waals surface area contributed by atoms with Crippen LogP contribution in [0.5, 0.6) is 11.6 Å². The highest BCUT2D eigenvalue weighted by Crippen LogP contribution is 2.25. The molecule has 0 unspecified atom stereocenters. The number of aromatic nitrogens is 1. The van der Waals surface area contributed by atoms with Gasteiger partial charge in [0.25, 0.3) is 0 Å². The van der Waals surface area contributed by atoms with E-state index in [0.717, 1.165) is 24.1 Å². The Morgan fingerprint density at radius 3 is 2.64 bits per heavy atom. The lowest BCUT2D eigenvalue weighted by molar-refractivity contribution is 0.112. The van der Waals surface area contributed by atoms with Crippen LogP contribution in [0, 0.1) is 0 Å². The van der Waals surface area contributed by atoms with Gasteiger partial charge in [0.05, 0.1) is 12.2 Å². The van der Waals surface area contributed by atoms with Crippen LogP contribution in [0.4, 0.5) is 0 Å². The Labute approximate surface area is 130 Å². The number of phenols is 1. The molecule has 0 aliphatic heterocycles. The summed E-state index contributed by atoms with van der Waals surface area (Å²) < 4.78 is 5.58. The lowest BCUT2D eigenvalue weighted by Crippen LogP contribution is -2.15. The van der Waals surface area contributed by atoms with Crippen LogP contribution >= 0.6 is 0 Å². The Hall–Kier alpha value is -2.40. The lowest BCUT2D eigenvalue weighted by atomic mass is 10.0. The van der Waals surface area contributed by atoms with Crippen LogP contribution in [0.3, 0.4) is 0 Å². The van der Waals surface area contributed by atoms with Gasteiger partial charge >= 0.3 is 0 Å². The predicted molar refractivity (Wildman–Crippen MR) is 85.4 cm³/mol. The molecule has 22 heavy (non-hydrogen) atoms. The fourth-order valence-corrected chi connectivity index (χ4v) is 2.02. The van der Waals surface area contributed by atoms with Crippen molar-refractivity contribution in [2.24, 2.45) is 0 Å². The van der Waals surface area contributed by atoms with Crippen LogP contribution < -0.4 is 4.74 Å². The van der Waals surface area contributed by atoms with Gasteiger partial charge in [0.2, 0.25) is 5.88 Å². The zero-order chi connectivity index (χ0) is 15.9. The van der Waals surface area contributed by atoms with Crippen LogP contribution in [-0.2, 0) is 0 Å². The smallest absolute Gasteiger partial charge is 0.213 e. The van der Waals surface area contributed by atoms with E-state index in [4.69, 9.17) is 4.74 Å². The first-order chi connectivity index (χ1) is 10.6. The standard InChI is InChI=1S/C17H20N2O3/c1-19(2)8-3-9-22-17-7-5-14(11-18-17)13-4-6-16(21)15(10-13)12-20/h4-7,10-12,21H,3,8-9H2,1-2H3. The number of benzene rings is 1. The second-order valence-electron chi connectivity index (χ2n) is 5.28. The lowest BCUT2D eigenvalue weighted by Gasteiger charge is -2.10. The highest BCUT2D eigenvalue weighted by atomic mass is 16.5. The second-order valence-corrected chi connectivity index (χ2v) is 5.28. The molecule has 1 aromatic heterocycles. The van der Waals surface area contributed by atoms with Crippen molar-refractivity contribution in [3.05, 3.63) is 42.1 Å². The quantitative estimate of drug-likeness (QED) is 0.629. The van der Waals surface area contributed by atoms with Crippen molar-refractivity contribution in [1.82, 2.24) is 9.88 Å². The molecular formula is C17H20N2O3. The van der Waals surface area contributed by atoms with E-state index in [9.17, 15) is 9.90 Å². The number of pyridine rings is 1. The van der Waals surface area contributed by atoms with Crippen LogP contribution in [0.25, 0.3) is 11.1 Å². The third-order valence-corrected chi connectivity index (χ3v) is 3.22. The van der Waals surface area contributed by atoms with Gasteiger partial charge in [-0.3, -0.25) is 4.79 Å². The zero-order valence-electron chi connectivity index (χ0n) is 12.8. The van der Waals surface area contributed by atoms with Crippen molar-refractivity contribution >= 4 is 6.29 Å². The number of nitrogens with zero attached hydrogens (tertiary/aromatic N) is 2. The fraction of sp³-hybridized carbons (Fsp3) is 0.294. The van der Waals surface area contributed by atoms with Gasteiger partial charge in [-0.1, -0.05) is 6.07 Å². The number of phenolic OH excluding ortho intramolecular Hbond substituents is 1. The van der Waals surface area contributed by atoms with E-state index in [1.54, 1.807) is 24.4 Å². The van der Waals surface area contributed by atoms with Crippen molar-refractivity contribution in [3.63, 3.8) is 0 Å². The van der Waals surface area contributed by atoms with Gasteiger partial charge in [-0.15, -0.1) is 0 Å². The number of hydrogen-bond donors (Lipinski definition) is 1. The van der Waals surface area contributed by atoms with Gasteiger partial charge in [0, 0.05) is 24.4 Å². The monoisotopic (exact) mass is 300 g/mol. The summed E-state index contributed by atoms with van der Waals surface area (Å²) in [5.74, 6) is 0.560. The average Bonchev–Trinajstić information content (AvgIpc) is 2.52. The molecule has 5 nitrogen and oxygen atoms in total. The van der Waals surface area contributed by atoms with Crippen LogP contribution in [0.15, 0.2) is 36.5 Å². The molecule has 116 valence electrons. The van der Waals surface area contributed by atoms with Crippen molar-refractivity contribution in [3.8, 4) is 22.8 Å². The number of carbonyl (C=O) groups excluding carboxylic acids is 1. The Bertz CT molecular complexity index is 624. The maximum Gasteiger partial charge on any atom is 0.213 e. The van der Waals surface area contributed by atoms with E-state index < -0.39 is 0 Å². The Morgan fingerprint density at radius 1 is 1.23 bits per heavy atom. The predicted octanol–water partition coefficient (Wildman–Crippen LogP) is 2.60. The third-order valence-electron chi connectivity index (χ3n) is 3.22. The molecule has 0 aliphatic carbocycles. The molecule has 1 N–H and O–H groups in total. The van der Waals surface area contributed by atoms with Gasteiger partial charge in [-0.2, -0.15) is 0 Å². The maximum atomic E-state index is 10.9. The Balaban J connectivity index is 2.01. The molecule has 0 atom stereocenters. The summed E-state index contributed by atoms with van der Waals surface area (Å²) in [6, 6.07) is 8.58. The summed E-state index contributed by atoms with van der Waals surface area (Å²) in [7, 11) is 4.05. The summed E-state index contributed by atoms with van der Waals surface area (Å²) >= 11 is 0. The highest BCUT2D eigenvalue weighted by Gasteiger charge is 2.05. The summed E-state index contributed by atoms with van der Waals surface area (Å²) in [4.78, 5) is 17.2. The van der Waals surface area contributed by atoms with Gasteiger partial charge < -0.3 is 14.7 Å². The summed E-state index contributed by atoms with van der Waals surface area (Å²) in [6.45, 7) is 1.60. The molecular weight excluding hydrogens is 280 g/mol. The zero-order valence-corrected chi connectivity index (χ0v) is 12.8. The molecule has 1 heterocycles. The maximum absolute atomic E-state index is 10.9. The first-order valence-electron chi connectivity index (χ1n) is 7.12. The number of carbonyl (C=O) groups is 1. The molecule has 0 saturated heterocycles. The summed E-state index contributed by atoms with van der Waals surface area (Å²) in [5.41, 5.74) is 1.96. The van der Waals surface area contributed by atoms with Gasteiger partial charge in [-0.05, 0) is 44.3 Å². The van der Waals surface area contributed by atoms with Crippen LogP contribution in [-0.4, -0.2) is 48.5 Å². The van der Waals surface area contributed by atoms with Gasteiger partial charge in [0.1, 0.15) is 5.75 Å². The van der Waals surface area contributed by atoms with Crippen molar-refractivity contribution in [2.45, 2.75) is 6.42 Å². The largest absolute Gasteiger partial charge is 0.507 e. The fourth-order valence-electron chi connectivity index (χ4n) is 2.02. The molecule has 2 aromatic rings. The van der Waals surface area contributed by atoms with Crippen LogP contribution in [0.1, 0.15) is 16.8 Å². The van der Waals surface area contributed by atoms with Gasteiger partial charge in [-0.25, -0.2) is 4.98 Å². The minimum absolute atomic E-state index is 0.0208. The number of rotatable bonds is 7. The average molecular weight is 300 g/mol. The SMILES string of the molecule is CN(C)CCCOc1ccc(-c2ccc(O)c(C=O)c2)cn1. The van der Waals surface area contributed by atoms with E-state index in [-0.39, 0.29) is 11.3 Å². The number of aldehydes is 1. The third kappa shape index (κ3) is 4.30. The molecule has 0 radical (unpaired) electrons. The van der Waals surface area contributed by atoms with Crippen molar-refractivity contribution < 1.29 is 14.6 Å². The minimum Gasteiger partial charge on any atom is -0.507 e. The summed E-state index contributed by atoms with van der Waals surface area (Å²) in [5, 5.41) is 9.52. The number of hydrogen-bond acceptors (Lipinski definition) is 5. The Morgan fingerprint density at radius 2 is 2.00 bits per heavy atom. The first kappa shape index (κ1) is 16.0. The normalized spacial score (nSPS) is 10.7.